The van der Waals surface area contributed by atoms with Gasteiger partial charge in [-0.1, -0.05) is 0 Å². The predicted molar refractivity (Wildman–Crippen MR) is 28.2 cm³/mol. The lowest BCUT2D eigenvalue weighted by Gasteiger charge is -2.16. The molecule has 1 atom stereocenters. The Morgan fingerprint density at radius 2 is 2.62 bits per heavy atom. The zero-order valence-electron chi connectivity index (χ0n) is 4.55. The Morgan fingerprint density at radius 3 is 3.00 bits per heavy atom. The molecule has 1 heterocycles. The zero-order valence-corrected chi connectivity index (χ0v) is 4.55. The van der Waals surface area contributed by atoms with Crippen LogP contribution < -0.4 is 5.32 Å². The monoisotopic (exact) mass is 112 g/mol. The molecule has 1 N–H and O–H groups in total. The van der Waals surface area contributed by atoms with E-state index in [9.17, 15) is 0 Å². The zero-order chi connectivity index (χ0) is 5.82. The van der Waals surface area contributed by atoms with Gasteiger partial charge in [-0.3, -0.25) is 5.32 Å². The maximum atomic E-state index is 8.30. The van der Waals surface area contributed by atoms with Crippen molar-refractivity contribution in [2.24, 2.45) is 0 Å². The summed E-state index contributed by atoms with van der Waals surface area (Å²) in [4.78, 5) is 0. The van der Waals surface area contributed by atoms with Gasteiger partial charge in [0.1, 0.15) is 6.04 Å². The van der Waals surface area contributed by atoms with Gasteiger partial charge in [-0.05, 0) is 0 Å². The molecule has 0 aromatic heterocycles. The lowest BCUT2D eigenvalue weighted by molar-refractivity contribution is 0.0920. The molecule has 0 spiro atoms. The smallest absolute Gasteiger partial charge is 0.119 e. The van der Waals surface area contributed by atoms with Gasteiger partial charge in [-0.2, -0.15) is 5.26 Å². The molecule has 0 bridgehead atoms. The van der Waals surface area contributed by atoms with Crippen molar-refractivity contribution in [2.45, 2.75) is 6.04 Å². The summed E-state index contributed by atoms with van der Waals surface area (Å²) >= 11 is 0. The van der Waals surface area contributed by atoms with Crippen molar-refractivity contribution in [1.29, 1.82) is 5.26 Å². The first-order valence-electron chi connectivity index (χ1n) is 2.64. The lowest BCUT2D eigenvalue weighted by atomic mass is 10.3. The van der Waals surface area contributed by atoms with Crippen molar-refractivity contribution in [3.8, 4) is 6.07 Å². The second-order valence-electron chi connectivity index (χ2n) is 1.71. The molecule has 1 aliphatic heterocycles. The molecule has 0 unspecified atom stereocenters. The fourth-order valence-electron chi connectivity index (χ4n) is 0.648. The highest BCUT2D eigenvalue weighted by atomic mass is 16.5. The number of rotatable bonds is 0. The number of nitriles is 1. The molecular weight excluding hydrogens is 104 g/mol. The minimum Gasteiger partial charge on any atom is -0.377 e. The molecule has 0 radical (unpaired) electrons. The highest BCUT2D eigenvalue weighted by Crippen LogP contribution is 1.88. The van der Waals surface area contributed by atoms with Gasteiger partial charge in [0.05, 0.1) is 19.3 Å². The molecule has 0 aromatic carbocycles. The summed E-state index contributed by atoms with van der Waals surface area (Å²) in [5, 5.41) is 11.3. The molecule has 1 rings (SSSR count). The molecule has 44 valence electrons. The van der Waals surface area contributed by atoms with E-state index < -0.39 is 0 Å². The Kier molecular flexibility index (Phi) is 1.84. The van der Waals surface area contributed by atoms with E-state index in [1.54, 1.807) is 0 Å². The average molecular weight is 112 g/mol. The minimum absolute atomic E-state index is 0.0799. The average Bonchev–Trinajstić information content (AvgIpc) is 1.90. The summed E-state index contributed by atoms with van der Waals surface area (Å²) in [5.74, 6) is 0. The molecule has 1 saturated heterocycles. The molecule has 3 heteroatoms. The van der Waals surface area contributed by atoms with Crippen LogP contribution in [0, 0.1) is 11.3 Å². The summed E-state index contributed by atoms with van der Waals surface area (Å²) in [6.45, 7) is 2.08. The number of nitrogens with one attached hydrogen (secondary N) is 1. The number of morpholine rings is 1. The lowest BCUT2D eigenvalue weighted by Crippen LogP contribution is -2.39. The molecule has 0 amide bonds. The second-order valence-corrected chi connectivity index (χ2v) is 1.71. The van der Waals surface area contributed by atoms with Gasteiger partial charge in [0, 0.05) is 6.54 Å². The van der Waals surface area contributed by atoms with E-state index in [1.807, 2.05) is 0 Å². The second kappa shape index (κ2) is 2.65. The van der Waals surface area contributed by atoms with E-state index >= 15 is 0 Å². The third-order valence-electron chi connectivity index (χ3n) is 1.08. The molecule has 8 heavy (non-hydrogen) atoms. The van der Waals surface area contributed by atoms with Crippen LogP contribution in [0.3, 0.4) is 0 Å². The molecule has 0 saturated carbocycles. The van der Waals surface area contributed by atoms with E-state index in [0.717, 1.165) is 13.2 Å². The third-order valence-corrected chi connectivity index (χ3v) is 1.08. The Bertz CT molecular complexity index is 101. The molecule has 3 nitrogen and oxygen atoms in total. The molecule has 0 aromatic rings. The summed E-state index contributed by atoms with van der Waals surface area (Å²) in [6, 6.07) is 1.99. The van der Waals surface area contributed by atoms with Gasteiger partial charge in [0.2, 0.25) is 0 Å². The Hall–Kier alpha value is -0.590. The van der Waals surface area contributed by atoms with Crippen LogP contribution in [-0.2, 0) is 4.74 Å². The van der Waals surface area contributed by atoms with Crippen LogP contribution in [-0.4, -0.2) is 25.8 Å². The van der Waals surface area contributed by atoms with Gasteiger partial charge in [-0.25, -0.2) is 0 Å². The van der Waals surface area contributed by atoms with Crippen LogP contribution >= 0.6 is 0 Å². The van der Waals surface area contributed by atoms with Gasteiger partial charge in [-0.15, -0.1) is 0 Å². The van der Waals surface area contributed by atoms with E-state index in [1.165, 1.54) is 0 Å². The largest absolute Gasteiger partial charge is 0.377 e. The maximum Gasteiger partial charge on any atom is 0.119 e. The van der Waals surface area contributed by atoms with Gasteiger partial charge < -0.3 is 4.74 Å². The molecule has 0 aliphatic carbocycles. The first kappa shape index (κ1) is 5.54. The van der Waals surface area contributed by atoms with Crippen LogP contribution in [0.15, 0.2) is 0 Å². The van der Waals surface area contributed by atoms with Gasteiger partial charge in [0.15, 0.2) is 0 Å². The highest BCUT2D eigenvalue weighted by Gasteiger charge is 2.09. The summed E-state index contributed by atoms with van der Waals surface area (Å²) in [5.41, 5.74) is 0. The fourth-order valence-corrected chi connectivity index (χ4v) is 0.648. The first-order chi connectivity index (χ1) is 3.93. The summed E-state index contributed by atoms with van der Waals surface area (Å²) in [6.07, 6.45) is 0. The van der Waals surface area contributed by atoms with E-state index in [4.69, 9.17) is 10.00 Å². The standard InChI is InChI=1S/C5H8N2O/c6-3-5-4-8-2-1-7-5/h5,7H,1-2,4H2/t5-/m0/s1. The highest BCUT2D eigenvalue weighted by molar-refractivity contribution is 4.90. The third kappa shape index (κ3) is 1.19. The fraction of sp³-hybridized carbons (Fsp3) is 0.800. The Balaban J connectivity index is 2.25. The van der Waals surface area contributed by atoms with Crippen molar-refractivity contribution in [2.75, 3.05) is 19.8 Å². The SMILES string of the molecule is N#C[C@H]1COCCN1. The summed E-state index contributed by atoms with van der Waals surface area (Å²) in [7, 11) is 0. The van der Waals surface area contributed by atoms with Gasteiger partial charge in [0.25, 0.3) is 0 Å². The van der Waals surface area contributed by atoms with E-state index in [2.05, 4.69) is 11.4 Å². The first-order valence-corrected chi connectivity index (χ1v) is 2.64. The van der Waals surface area contributed by atoms with Crippen LogP contribution in [0.1, 0.15) is 0 Å². The Morgan fingerprint density at radius 1 is 1.75 bits per heavy atom. The van der Waals surface area contributed by atoms with Crippen molar-refractivity contribution in [3.05, 3.63) is 0 Å². The van der Waals surface area contributed by atoms with Crippen LogP contribution in [0.25, 0.3) is 0 Å². The van der Waals surface area contributed by atoms with Crippen molar-refractivity contribution in [3.63, 3.8) is 0 Å². The van der Waals surface area contributed by atoms with Crippen LogP contribution in [0.4, 0.5) is 0 Å². The number of nitrogens with zero attached hydrogens (tertiary/aromatic N) is 1. The van der Waals surface area contributed by atoms with Crippen molar-refractivity contribution in [1.82, 2.24) is 5.32 Å². The van der Waals surface area contributed by atoms with E-state index in [-0.39, 0.29) is 6.04 Å². The van der Waals surface area contributed by atoms with Crippen LogP contribution in [0.2, 0.25) is 0 Å². The van der Waals surface area contributed by atoms with Gasteiger partial charge >= 0.3 is 0 Å². The Labute approximate surface area is 48.2 Å². The molecular formula is C5H8N2O. The topological polar surface area (TPSA) is 45.0 Å². The number of ether oxygens (including phenoxy) is 1. The predicted octanol–water partition coefficient (Wildman–Crippen LogP) is -0.502. The molecule has 1 fully saturated rings. The maximum absolute atomic E-state index is 8.30. The number of hydrogen-bond donors (Lipinski definition) is 1. The normalized spacial score (nSPS) is 29.1. The van der Waals surface area contributed by atoms with Crippen LogP contribution in [0.5, 0.6) is 0 Å². The van der Waals surface area contributed by atoms with Crippen molar-refractivity contribution < 1.29 is 4.74 Å². The quantitative estimate of drug-likeness (QED) is 0.459. The van der Waals surface area contributed by atoms with Crippen molar-refractivity contribution >= 4 is 0 Å². The minimum atomic E-state index is -0.0799. The van der Waals surface area contributed by atoms with E-state index in [0.29, 0.717) is 6.61 Å². The number of hydrogen-bond acceptors (Lipinski definition) is 3. The molecule has 1 aliphatic rings. The summed E-state index contributed by atoms with van der Waals surface area (Å²) < 4.78 is 4.99.